The zero-order chi connectivity index (χ0) is 12.8. The van der Waals surface area contributed by atoms with Crippen LogP contribution in [0.15, 0.2) is 6.20 Å². The Morgan fingerprint density at radius 3 is 2.71 bits per heavy atom. The predicted molar refractivity (Wildman–Crippen MR) is 75.5 cm³/mol. The molecule has 1 atom stereocenters. The molecule has 0 saturated heterocycles. The second kappa shape index (κ2) is 6.81. The van der Waals surface area contributed by atoms with Gasteiger partial charge < -0.3 is 10.6 Å². The fraction of sp³-hybridized carbons (Fsp3) is 0.667. The molecule has 0 saturated carbocycles. The number of anilines is 1. The fourth-order valence-corrected chi connectivity index (χ4v) is 2.55. The van der Waals surface area contributed by atoms with Crippen molar-refractivity contribution >= 4 is 17.7 Å². The number of thioether (sulfide) groups is 1. The minimum Gasteiger partial charge on any atom is -0.340 e. The van der Waals surface area contributed by atoms with Crippen LogP contribution in [0.2, 0.25) is 0 Å². The van der Waals surface area contributed by atoms with Crippen molar-refractivity contribution in [1.82, 2.24) is 9.97 Å². The summed E-state index contributed by atoms with van der Waals surface area (Å²) in [7, 11) is 2.06. The number of aromatic nitrogens is 2. The van der Waals surface area contributed by atoms with Crippen LogP contribution in [0.4, 0.5) is 5.95 Å². The number of rotatable bonds is 6. The number of nitrogens with zero attached hydrogens (tertiary/aromatic N) is 3. The van der Waals surface area contributed by atoms with Crippen LogP contribution < -0.4 is 10.6 Å². The standard InChI is InChI=1S/C12H22N4S/c1-5-11(8-17-4)16(3)12-14-7-10(6-13)9(2)15-12/h7,11H,5-6,8,13H2,1-4H3. The minimum absolute atomic E-state index is 0.480. The van der Waals surface area contributed by atoms with Crippen molar-refractivity contribution in [2.75, 3.05) is 24.0 Å². The molecule has 0 radical (unpaired) electrons. The average Bonchev–Trinajstić information content (AvgIpc) is 2.35. The quantitative estimate of drug-likeness (QED) is 0.839. The Hall–Kier alpha value is -0.810. The summed E-state index contributed by atoms with van der Waals surface area (Å²) in [5.74, 6) is 1.88. The van der Waals surface area contributed by atoms with Crippen LogP contribution in [0.3, 0.4) is 0 Å². The van der Waals surface area contributed by atoms with Crippen molar-refractivity contribution in [3.05, 3.63) is 17.5 Å². The highest BCUT2D eigenvalue weighted by molar-refractivity contribution is 7.98. The van der Waals surface area contributed by atoms with Crippen LogP contribution in [-0.4, -0.2) is 35.1 Å². The Morgan fingerprint density at radius 2 is 2.24 bits per heavy atom. The lowest BCUT2D eigenvalue weighted by Gasteiger charge is -2.27. The first kappa shape index (κ1) is 14.3. The topological polar surface area (TPSA) is 55.0 Å². The van der Waals surface area contributed by atoms with E-state index in [1.807, 2.05) is 24.9 Å². The van der Waals surface area contributed by atoms with Crippen LogP contribution in [0, 0.1) is 6.92 Å². The van der Waals surface area contributed by atoms with Crippen molar-refractivity contribution in [3.8, 4) is 0 Å². The van der Waals surface area contributed by atoms with Gasteiger partial charge >= 0.3 is 0 Å². The molecule has 96 valence electrons. The SMILES string of the molecule is CCC(CSC)N(C)c1ncc(CN)c(C)n1. The van der Waals surface area contributed by atoms with Gasteiger partial charge in [-0.25, -0.2) is 9.97 Å². The summed E-state index contributed by atoms with van der Waals surface area (Å²) in [6.45, 7) is 4.67. The van der Waals surface area contributed by atoms with Gasteiger partial charge in [0.1, 0.15) is 0 Å². The molecule has 17 heavy (non-hydrogen) atoms. The molecule has 0 aliphatic heterocycles. The van der Waals surface area contributed by atoms with E-state index in [0.29, 0.717) is 12.6 Å². The summed E-state index contributed by atoms with van der Waals surface area (Å²) in [6, 6.07) is 0.480. The third-order valence-corrected chi connectivity index (χ3v) is 3.70. The molecule has 1 unspecified atom stereocenters. The van der Waals surface area contributed by atoms with Crippen LogP contribution in [0.5, 0.6) is 0 Å². The van der Waals surface area contributed by atoms with Crippen molar-refractivity contribution in [2.24, 2.45) is 5.73 Å². The van der Waals surface area contributed by atoms with E-state index in [0.717, 1.165) is 29.4 Å². The lowest BCUT2D eigenvalue weighted by Crippen LogP contribution is -2.34. The van der Waals surface area contributed by atoms with E-state index >= 15 is 0 Å². The number of hydrogen-bond acceptors (Lipinski definition) is 5. The zero-order valence-electron chi connectivity index (χ0n) is 11.1. The zero-order valence-corrected chi connectivity index (χ0v) is 11.9. The monoisotopic (exact) mass is 254 g/mol. The summed E-state index contributed by atoms with van der Waals surface area (Å²) in [5.41, 5.74) is 7.60. The van der Waals surface area contributed by atoms with E-state index in [4.69, 9.17) is 5.73 Å². The molecule has 1 aromatic heterocycles. The fourth-order valence-electron chi connectivity index (χ4n) is 1.71. The summed E-state index contributed by atoms with van der Waals surface area (Å²) < 4.78 is 0. The molecule has 4 nitrogen and oxygen atoms in total. The first-order valence-electron chi connectivity index (χ1n) is 5.88. The van der Waals surface area contributed by atoms with Crippen LogP contribution in [0.1, 0.15) is 24.6 Å². The highest BCUT2D eigenvalue weighted by Crippen LogP contribution is 2.16. The number of hydrogen-bond donors (Lipinski definition) is 1. The van der Waals surface area contributed by atoms with Gasteiger partial charge in [-0.3, -0.25) is 0 Å². The molecule has 0 aliphatic carbocycles. The Kier molecular flexibility index (Phi) is 5.71. The van der Waals surface area contributed by atoms with Gasteiger partial charge in [-0.15, -0.1) is 0 Å². The summed E-state index contributed by atoms with van der Waals surface area (Å²) >= 11 is 1.85. The molecule has 0 fully saturated rings. The smallest absolute Gasteiger partial charge is 0.225 e. The molecule has 2 N–H and O–H groups in total. The van der Waals surface area contributed by atoms with E-state index in [9.17, 15) is 0 Å². The molecule has 0 aromatic carbocycles. The van der Waals surface area contributed by atoms with E-state index in [-0.39, 0.29) is 0 Å². The maximum Gasteiger partial charge on any atom is 0.225 e. The van der Waals surface area contributed by atoms with Gasteiger partial charge in [-0.05, 0) is 19.6 Å². The maximum absolute atomic E-state index is 5.61. The van der Waals surface area contributed by atoms with Crippen molar-refractivity contribution in [2.45, 2.75) is 32.9 Å². The molecule has 0 amide bonds. The highest BCUT2D eigenvalue weighted by Gasteiger charge is 2.15. The average molecular weight is 254 g/mol. The molecular formula is C12H22N4S. The lowest BCUT2D eigenvalue weighted by molar-refractivity contribution is 0.655. The Bertz CT molecular complexity index is 356. The largest absolute Gasteiger partial charge is 0.340 e. The first-order valence-corrected chi connectivity index (χ1v) is 7.27. The molecule has 1 heterocycles. The summed E-state index contributed by atoms with van der Waals surface area (Å²) in [6.07, 6.45) is 5.05. The van der Waals surface area contributed by atoms with Gasteiger partial charge in [-0.2, -0.15) is 11.8 Å². The predicted octanol–water partition coefficient (Wildman–Crippen LogP) is 1.82. The van der Waals surface area contributed by atoms with E-state index < -0.39 is 0 Å². The Morgan fingerprint density at radius 1 is 1.53 bits per heavy atom. The second-order valence-corrected chi connectivity index (χ2v) is 5.02. The Balaban J connectivity index is 2.87. The van der Waals surface area contributed by atoms with Gasteiger partial charge in [-0.1, -0.05) is 6.92 Å². The normalized spacial score (nSPS) is 12.5. The van der Waals surface area contributed by atoms with Gasteiger partial charge in [0, 0.05) is 42.8 Å². The van der Waals surface area contributed by atoms with Crippen molar-refractivity contribution in [3.63, 3.8) is 0 Å². The van der Waals surface area contributed by atoms with Crippen LogP contribution in [0.25, 0.3) is 0 Å². The van der Waals surface area contributed by atoms with Crippen LogP contribution in [-0.2, 0) is 6.54 Å². The molecular weight excluding hydrogens is 232 g/mol. The second-order valence-electron chi connectivity index (χ2n) is 4.11. The molecule has 1 rings (SSSR count). The molecule has 5 heteroatoms. The summed E-state index contributed by atoms with van der Waals surface area (Å²) in [4.78, 5) is 11.1. The van der Waals surface area contributed by atoms with E-state index in [2.05, 4.69) is 35.1 Å². The van der Waals surface area contributed by atoms with E-state index in [1.165, 1.54) is 0 Å². The van der Waals surface area contributed by atoms with Crippen LogP contribution >= 0.6 is 11.8 Å². The highest BCUT2D eigenvalue weighted by atomic mass is 32.2. The maximum atomic E-state index is 5.61. The molecule has 0 aliphatic rings. The van der Waals surface area contributed by atoms with E-state index in [1.54, 1.807) is 0 Å². The molecule has 0 bridgehead atoms. The van der Waals surface area contributed by atoms with Gasteiger partial charge in [0.2, 0.25) is 5.95 Å². The summed E-state index contributed by atoms with van der Waals surface area (Å²) in [5, 5.41) is 0. The van der Waals surface area contributed by atoms with Gasteiger partial charge in [0.05, 0.1) is 0 Å². The molecule has 1 aromatic rings. The van der Waals surface area contributed by atoms with Gasteiger partial charge in [0.15, 0.2) is 0 Å². The number of aryl methyl sites for hydroxylation is 1. The minimum atomic E-state index is 0.480. The Labute approximate surface area is 108 Å². The molecule has 0 spiro atoms. The van der Waals surface area contributed by atoms with Gasteiger partial charge in [0.25, 0.3) is 0 Å². The van der Waals surface area contributed by atoms with Crippen molar-refractivity contribution in [1.29, 1.82) is 0 Å². The lowest BCUT2D eigenvalue weighted by atomic mass is 10.2. The third kappa shape index (κ3) is 3.57. The van der Waals surface area contributed by atoms with Crippen molar-refractivity contribution < 1.29 is 0 Å². The third-order valence-electron chi connectivity index (χ3n) is 2.98. The number of nitrogens with two attached hydrogens (primary N) is 1. The first-order chi connectivity index (χ1) is 8.13.